The summed E-state index contributed by atoms with van der Waals surface area (Å²) in [6.45, 7) is 5.33. The average molecular weight is 295 g/mol. The monoisotopic (exact) mass is 295 g/mol. The van der Waals surface area contributed by atoms with Crippen LogP contribution in [0, 0.1) is 5.92 Å². The van der Waals surface area contributed by atoms with Crippen molar-refractivity contribution in [3.63, 3.8) is 0 Å². The molecule has 0 spiro atoms. The summed E-state index contributed by atoms with van der Waals surface area (Å²) in [7, 11) is 0. The van der Waals surface area contributed by atoms with Gasteiger partial charge in [-0.05, 0) is 39.5 Å². The molecule has 0 radical (unpaired) electrons. The number of nitrogens with one attached hydrogen (secondary N) is 2. The number of rotatable bonds is 3. The molecule has 1 aliphatic heterocycles. The van der Waals surface area contributed by atoms with Crippen molar-refractivity contribution in [1.82, 2.24) is 15.5 Å². The van der Waals surface area contributed by atoms with Crippen LogP contribution in [0.25, 0.3) is 0 Å². The molecule has 1 saturated carbocycles. The van der Waals surface area contributed by atoms with Crippen LogP contribution in [0.15, 0.2) is 0 Å². The highest BCUT2D eigenvalue weighted by Gasteiger charge is 2.28. The zero-order chi connectivity index (χ0) is 15.2. The molecule has 1 heterocycles. The van der Waals surface area contributed by atoms with Gasteiger partial charge < -0.3 is 15.5 Å². The third kappa shape index (κ3) is 4.90. The number of carbonyl (C=O) groups is 2. The van der Waals surface area contributed by atoms with Crippen molar-refractivity contribution in [2.45, 2.75) is 70.9 Å². The first-order valence-corrected chi connectivity index (χ1v) is 8.42. The van der Waals surface area contributed by atoms with E-state index in [9.17, 15) is 9.59 Å². The van der Waals surface area contributed by atoms with Gasteiger partial charge in [-0.1, -0.05) is 19.3 Å². The summed E-state index contributed by atoms with van der Waals surface area (Å²) in [6, 6.07) is 0.600. The number of piperidine rings is 1. The van der Waals surface area contributed by atoms with Crippen molar-refractivity contribution < 1.29 is 9.59 Å². The molecule has 1 aliphatic carbocycles. The summed E-state index contributed by atoms with van der Waals surface area (Å²) < 4.78 is 0. The van der Waals surface area contributed by atoms with Crippen molar-refractivity contribution in [2.24, 2.45) is 5.92 Å². The Morgan fingerprint density at radius 2 is 1.62 bits per heavy atom. The molecule has 2 N–H and O–H groups in total. The van der Waals surface area contributed by atoms with Gasteiger partial charge in [0.15, 0.2) is 0 Å². The molecule has 0 bridgehead atoms. The second-order valence-electron chi connectivity index (χ2n) is 6.71. The predicted octanol–water partition coefficient (Wildman–Crippen LogP) is 2.27. The first kappa shape index (κ1) is 16.1. The van der Waals surface area contributed by atoms with E-state index in [2.05, 4.69) is 10.6 Å². The van der Waals surface area contributed by atoms with E-state index in [-0.39, 0.29) is 23.9 Å². The van der Waals surface area contributed by atoms with Gasteiger partial charge >= 0.3 is 6.03 Å². The number of hydrogen-bond acceptors (Lipinski definition) is 2. The quantitative estimate of drug-likeness (QED) is 0.839. The molecule has 2 aliphatic rings. The number of likely N-dealkylation sites (tertiary alicyclic amines) is 1. The van der Waals surface area contributed by atoms with Gasteiger partial charge in [0.1, 0.15) is 0 Å². The predicted molar refractivity (Wildman–Crippen MR) is 83.0 cm³/mol. The number of carbonyl (C=O) groups excluding carboxylic acids is 2. The largest absolute Gasteiger partial charge is 0.354 e. The fraction of sp³-hybridized carbons (Fsp3) is 0.875. The van der Waals surface area contributed by atoms with Gasteiger partial charge in [-0.2, -0.15) is 0 Å². The van der Waals surface area contributed by atoms with Crippen molar-refractivity contribution >= 4 is 11.9 Å². The Morgan fingerprint density at radius 1 is 1.00 bits per heavy atom. The fourth-order valence-electron chi connectivity index (χ4n) is 3.26. The lowest BCUT2D eigenvalue weighted by molar-refractivity contribution is -0.126. The first-order valence-electron chi connectivity index (χ1n) is 8.42. The van der Waals surface area contributed by atoms with Crippen LogP contribution in [-0.4, -0.2) is 42.0 Å². The summed E-state index contributed by atoms with van der Waals surface area (Å²) >= 11 is 0. The number of hydrogen-bond donors (Lipinski definition) is 2. The Labute approximate surface area is 127 Å². The lowest BCUT2D eigenvalue weighted by Gasteiger charge is -2.33. The molecule has 0 aromatic carbocycles. The Bertz CT molecular complexity index is 357. The van der Waals surface area contributed by atoms with Crippen LogP contribution in [-0.2, 0) is 4.79 Å². The van der Waals surface area contributed by atoms with Crippen molar-refractivity contribution in [1.29, 1.82) is 0 Å². The SMILES string of the molecule is CC(C)NC(=O)C1CCN(C(=O)NC2CCCCC2)CC1. The summed E-state index contributed by atoms with van der Waals surface area (Å²) in [5.74, 6) is 0.198. The molecule has 2 fully saturated rings. The average Bonchev–Trinajstić information content (AvgIpc) is 2.47. The van der Waals surface area contributed by atoms with E-state index < -0.39 is 0 Å². The Morgan fingerprint density at radius 3 is 2.19 bits per heavy atom. The summed E-state index contributed by atoms with van der Waals surface area (Å²) in [5, 5.41) is 6.12. The second-order valence-corrected chi connectivity index (χ2v) is 6.71. The molecule has 0 aromatic heterocycles. The van der Waals surface area contributed by atoms with Gasteiger partial charge in [-0.3, -0.25) is 4.79 Å². The smallest absolute Gasteiger partial charge is 0.317 e. The molecular weight excluding hydrogens is 266 g/mol. The molecule has 21 heavy (non-hydrogen) atoms. The summed E-state index contributed by atoms with van der Waals surface area (Å²) in [6.07, 6.45) is 7.51. The van der Waals surface area contributed by atoms with Crippen LogP contribution in [0.4, 0.5) is 4.79 Å². The van der Waals surface area contributed by atoms with Gasteiger partial charge in [0.05, 0.1) is 0 Å². The van der Waals surface area contributed by atoms with E-state index in [4.69, 9.17) is 0 Å². The number of urea groups is 1. The Hall–Kier alpha value is -1.26. The Kier molecular flexibility index (Phi) is 5.88. The molecule has 3 amide bonds. The number of nitrogens with zero attached hydrogens (tertiary/aromatic N) is 1. The minimum atomic E-state index is 0.0598. The zero-order valence-corrected chi connectivity index (χ0v) is 13.4. The van der Waals surface area contributed by atoms with Crippen molar-refractivity contribution in [3.05, 3.63) is 0 Å². The molecule has 1 saturated heterocycles. The van der Waals surface area contributed by atoms with Crippen LogP contribution in [0.1, 0.15) is 58.8 Å². The zero-order valence-electron chi connectivity index (χ0n) is 13.4. The van der Waals surface area contributed by atoms with Crippen molar-refractivity contribution in [2.75, 3.05) is 13.1 Å². The molecule has 0 aromatic rings. The van der Waals surface area contributed by atoms with Crippen LogP contribution in [0.3, 0.4) is 0 Å². The lowest BCUT2D eigenvalue weighted by Crippen LogP contribution is -2.50. The normalized spacial score (nSPS) is 21.4. The van der Waals surface area contributed by atoms with E-state index in [1.807, 2.05) is 18.7 Å². The highest BCUT2D eigenvalue weighted by atomic mass is 16.2. The van der Waals surface area contributed by atoms with Gasteiger partial charge in [0.2, 0.25) is 5.91 Å². The van der Waals surface area contributed by atoms with Gasteiger partial charge in [-0.25, -0.2) is 4.79 Å². The topological polar surface area (TPSA) is 61.4 Å². The maximum Gasteiger partial charge on any atom is 0.317 e. The van der Waals surface area contributed by atoms with Gasteiger partial charge in [-0.15, -0.1) is 0 Å². The second kappa shape index (κ2) is 7.66. The highest BCUT2D eigenvalue weighted by molar-refractivity contribution is 5.80. The van der Waals surface area contributed by atoms with Gasteiger partial charge in [0.25, 0.3) is 0 Å². The highest BCUT2D eigenvalue weighted by Crippen LogP contribution is 2.20. The third-order valence-corrected chi connectivity index (χ3v) is 4.52. The fourth-order valence-corrected chi connectivity index (χ4v) is 3.26. The lowest BCUT2D eigenvalue weighted by atomic mass is 9.95. The maximum absolute atomic E-state index is 12.2. The summed E-state index contributed by atoms with van der Waals surface area (Å²) in [5.41, 5.74) is 0. The van der Waals surface area contributed by atoms with E-state index in [1.165, 1.54) is 19.3 Å². The van der Waals surface area contributed by atoms with Crippen LogP contribution >= 0.6 is 0 Å². The van der Waals surface area contributed by atoms with Gasteiger partial charge in [0, 0.05) is 31.1 Å². The van der Waals surface area contributed by atoms with E-state index in [0.717, 1.165) is 25.7 Å². The molecule has 120 valence electrons. The minimum Gasteiger partial charge on any atom is -0.354 e. The first-order chi connectivity index (χ1) is 10.1. The number of amides is 3. The van der Waals surface area contributed by atoms with Crippen LogP contribution < -0.4 is 10.6 Å². The Balaban J connectivity index is 1.72. The molecule has 2 rings (SSSR count). The minimum absolute atomic E-state index is 0.0598. The van der Waals surface area contributed by atoms with Crippen LogP contribution in [0.2, 0.25) is 0 Å². The third-order valence-electron chi connectivity index (χ3n) is 4.52. The molecule has 0 unspecified atom stereocenters. The molecule has 5 nitrogen and oxygen atoms in total. The van der Waals surface area contributed by atoms with Crippen LogP contribution in [0.5, 0.6) is 0 Å². The standard InChI is InChI=1S/C16H29N3O2/c1-12(2)17-15(20)13-8-10-19(11-9-13)16(21)18-14-6-4-3-5-7-14/h12-14H,3-11H2,1-2H3,(H,17,20)(H,18,21). The molecule has 0 atom stereocenters. The van der Waals surface area contributed by atoms with Crippen molar-refractivity contribution in [3.8, 4) is 0 Å². The maximum atomic E-state index is 12.2. The molecule has 5 heteroatoms. The molecular formula is C16H29N3O2. The summed E-state index contributed by atoms with van der Waals surface area (Å²) in [4.78, 5) is 26.1. The van der Waals surface area contributed by atoms with E-state index in [0.29, 0.717) is 19.1 Å². The van der Waals surface area contributed by atoms with E-state index in [1.54, 1.807) is 0 Å². The van der Waals surface area contributed by atoms with E-state index >= 15 is 0 Å².